The number of carbonyl (C=O) groups excluding carboxylic acids is 1. The topological polar surface area (TPSA) is 49.8 Å². The maximum Gasteiger partial charge on any atom is 0.414 e. The number of amides is 1. The fourth-order valence-corrected chi connectivity index (χ4v) is 4.42. The van der Waals surface area contributed by atoms with Crippen molar-refractivity contribution in [3.05, 3.63) is 83.4 Å². The van der Waals surface area contributed by atoms with Crippen LogP contribution in [0.3, 0.4) is 0 Å². The minimum absolute atomic E-state index is 0.0461. The molecule has 5 rings (SSSR count). The molecule has 0 saturated carbocycles. The van der Waals surface area contributed by atoms with Gasteiger partial charge in [-0.3, -0.25) is 4.90 Å². The Morgan fingerprint density at radius 1 is 1.00 bits per heavy atom. The molecule has 3 aromatic carbocycles. The number of aryl methyl sites for hydroxylation is 1. The number of ether oxygens (including phenoxy) is 1. The van der Waals surface area contributed by atoms with Crippen molar-refractivity contribution in [1.82, 2.24) is 0 Å². The maximum atomic E-state index is 12.9. The van der Waals surface area contributed by atoms with E-state index in [1.807, 2.05) is 30.3 Å². The molecule has 0 saturated heterocycles. The summed E-state index contributed by atoms with van der Waals surface area (Å²) in [6, 6.07) is 21.8. The predicted octanol–water partition coefficient (Wildman–Crippen LogP) is 5.09. The molecule has 0 radical (unpaired) electrons. The molecular formula is C24H21NO3. The van der Waals surface area contributed by atoms with E-state index < -0.39 is 0 Å². The Hall–Kier alpha value is -3.27. The number of phenols is 1. The Morgan fingerprint density at radius 3 is 2.39 bits per heavy atom. The van der Waals surface area contributed by atoms with E-state index in [-0.39, 0.29) is 17.8 Å². The molecule has 2 aliphatic rings. The lowest BCUT2D eigenvalue weighted by Crippen LogP contribution is -2.36. The van der Waals surface area contributed by atoms with E-state index in [9.17, 15) is 9.90 Å². The van der Waals surface area contributed by atoms with Gasteiger partial charge in [0.1, 0.15) is 12.4 Å². The largest absolute Gasteiger partial charge is 0.508 e. The second-order valence-electron chi connectivity index (χ2n) is 7.37. The van der Waals surface area contributed by atoms with Crippen LogP contribution in [0.5, 0.6) is 5.75 Å². The smallest absolute Gasteiger partial charge is 0.414 e. The third-order valence-electron chi connectivity index (χ3n) is 5.74. The average Bonchev–Trinajstić information content (AvgIpc) is 3.05. The van der Waals surface area contributed by atoms with E-state index in [0.29, 0.717) is 13.2 Å². The highest BCUT2D eigenvalue weighted by molar-refractivity contribution is 5.89. The van der Waals surface area contributed by atoms with Crippen LogP contribution >= 0.6 is 0 Å². The van der Waals surface area contributed by atoms with Crippen molar-refractivity contribution in [2.45, 2.75) is 18.8 Å². The molecule has 1 N–H and O–H groups in total. The van der Waals surface area contributed by atoms with Gasteiger partial charge in [0, 0.05) is 18.5 Å². The van der Waals surface area contributed by atoms with Crippen molar-refractivity contribution in [1.29, 1.82) is 0 Å². The first kappa shape index (κ1) is 16.9. The highest BCUT2D eigenvalue weighted by Crippen LogP contribution is 2.44. The monoisotopic (exact) mass is 371 g/mol. The molecule has 0 bridgehead atoms. The van der Waals surface area contributed by atoms with E-state index in [2.05, 4.69) is 24.3 Å². The van der Waals surface area contributed by atoms with Crippen LogP contribution in [0.2, 0.25) is 0 Å². The second-order valence-corrected chi connectivity index (χ2v) is 7.37. The van der Waals surface area contributed by atoms with Crippen molar-refractivity contribution in [3.8, 4) is 16.9 Å². The average molecular weight is 371 g/mol. The molecule has 0 aromatic heterocycles. The lowest BCUT2D eigenvalue weighted by molar-refractivity contribution is 0.150. The number of anilines is 1. The van der Waals surface area contributed by atoms with Gasteiger partial charge in [-0.25, -0.2) is 4.79 Å². The SMILES string of the molecule is O=C(OCC1c2ccccc2-c2ccccc21)N1CCCc2ccc(O)cc21. The van der Waals surface area contributed by atoms with Gasteiger partial charge < -0.3 is 9.84 Å². The summed E-state index contributed by atoms with van der Waals surface area (Å²) >= 11 is 0. The zero-order chi connectivity index (χ0) is 19.1. The fraction of sp³-hybridized carbons (Fsp3) is 0.208. The number of nitrogens with zero attached hydrogens (tertiary/aromatic N) is 1. The molecule has 0 fully saturated rings. The minimum atomic E-state index is -0.353. The molecule has 3 aromatic rings. The quantitative estimate of drug-likeness (QED) is 0.682. The van der Waals surface area contributed by atoms with E-state index in [1.165, 1.54) is 22.3 Å². The van der Waals surface area contributed by atoms with E-state index in [0.717, 1.165) is 24.1 Å². The number of rotatable bonds is 2. The molecule has 1 aliphatic heterocycles. The summed E-state index contributed by atoms with van der Waals surface area (Å²) in [4.78, 5) is 14.5. The maximum absolute atomic E-state index is 12.9. The molecule has 0 atom stereocenters. The van der Waals surface area contributed by atoms with Gasteiger partial charge in [-0.2, -0.15) is 0 Å². The molecule has 0 spiro atoms. The highest BCUT2D eigenvalue weighted by atomic mass is 16.6. The van der Waals surface area contributed by atoms with Gasteiger partial charge >= 0.3 is 6.09 Å². The molecule has 0 unspecified atom stereocenters. The van der Waals surface area contributed by atoms with Gasteiger partial charge in [0.05, 0.1) is 5.69 Å². The summed E-state index contributed by atoms with van der Waals surface area (Å²) in [5.41, 5.74) is 6.65. The lowest BCUT2D eigenvalue weighted by Gasteiger charge is -2.29. The highest BCUT2D eigenvalue weighted by Gasteiger charge is 2.30. The molecule has 1 amide bonds. The summed E-state index contributed by atoms with van der Waals surface area (Å²) in [6.45, 7) is 0.907. The summed E-state index contributed by atoms with van der Waals surface area (Å²) < 4.78 is 5.78. The van der Waals surface area contributed by atoms with Crippen molar-refractivity contribution >= 4 is 11.8 Å². The molecule has 1 heterocycles. The molecular weight excluding hydrogens is 350 g/mol. The Kier molecular flexibility index (Phi) is 4.05. The number of hydrogen-bond donors (Lipinski definition) is 1. The summed E-state index contributed by atoms with van der Waals surface area (Å²) in [5.74, 6) is 0.210. The zero-order valence-corrected chi connectivity index (χ0v) is 15.5. The Balaban J connectivity index is 1.39. The first-order valence-electron chi connectivity index (χ1n) is 9.67. The number of benzene rings is 3. The van der Waals surface area contributed by atoms with Crippen LogP contribution in [0.1, 0.15) is 29.0 Å². The minimum Gasteiger partial charge on any atom is -0.508 e. The van der Waals surface area contributed by atoms with Crippen molar-refractivity contribution in [2.24, 2.45) is 0 Å². The van der Waals surface area contributed by atoms with Gasteiger partial charge in [0.15, 0.2) is 0 Å². The van der Waals surface area contributed by atoms with Gasteiger partial charge in [-0.1, -0.05) is 54.6 Å². The summed E-state index contributed by atoms with van der Waals surface area (Å²) in [5, 5.41) is 9.83. The van der Waals surface area contributed by atoms with E-state index in [1.54, 1.807) is 17.0 Å². The number of carbonyl (C=O) groups is 1. The first-order chi connectivity index (χ1) is 13.7. The second kappa shape index (κ2) is 6.71. The van der Waals surface area contributed by atoms with Gasteiger partial charge in [-0.05, 0) is 46.7 Å². The van der Waals surface area contributed by atoms with Crippen LogP contribution in [0, 0.1) is 0 Å². The van der Waals surface area contributed by atoms with Crippen molar-refractivity contribution in [3.63, 3.8) is 0 Å². The summed E-state index contributed by atoms with van der Waals surface area (Å²) in [6.07, 6.45) is 1.44. The van der Waals surface area contributed by atoms with Crippen molar-refractivity contribution in [2.75, 3.05) is 18.1 Å². The van der Waals surface area contributed by atoms with Gasteiger partial charge in [-0.15, -0.1) is 0 Å². The first-order valence-corrected chi connectivity index (χ1v) is 9.67. The van der Waals surface area contributed by atoms with Crippen LogP contribution in [0.4, 0.5) is 10.5 Å². The molecule has 28 heavy (non-hydrogen) atoms. The zero-order valence-electron chi connectivity index (χ0n) is 15.5. The Morgan fingerprint density at radius 2 is 1.68 bits per heavy atom. The summed E-state index contributed by atoms with van der Waals surface area (Å²) in [7, 11) is 0. The normalized spacial score (nSPS) is 14.9. The lowest BCUT2D eigenvalue weighted by atomic mass is 9.98. The Labute approximate surface area is 164 Å². The third kappa shape index (κ3) is 2.73. The van der Waals surface area contributed by atoms with E-state index in [4.69, 9.17) is 4.74 Å². The molecule has 4 nitrogen and oxygen atoms in total. The molecule has 4 heteroatoms. The number of phenolic OH excluding ortho intramolecular Hbond substituents is 1. The van der Waals surface area contributed by atoms with Crippen LogP contribution in [-0.4, -0.2) is 24.4 Å². The van der Waals surface area contributed by atoms with Crippen molar-refractivity contribution < 1.29 is 14.6 Å². The van der Waals surface area contributed by atoms with Crippen LogP contribution in [-0.2, 0) is 11.2 Å². The number of hydrogen-bond acceptors (Lipinski definition) is 3. The number of fused-ring (bicyclic) bond motifs is 4. The van der Waals surface area contributed by atoms with Crippen LogP contribution in [0.25, 0.3) is 11.1 Å². The van der Waals surface area contributed by atoms with Gasteiger partial charge in [0.25, 0.3) is 0 Å². The van der Waals surface area contributed by atoms with Crippen LogP contribution < -0.4 is 4.90 Å². The van der Waals surface area contributed by atoms with Gasteiger partial charge in [0.2, 0.25) is 0 Å². The molecule has 1 aliphatic carbocycles. The number of aromatic hydroxyl groups is 1. The predicted molar refractivity (Wildman–Crippen MR) is 109 cm³/mol. The standard InChI is InChI=1S/C24H21NO3/c26-17-12-11-16-6-5-13-25(23(16)14-17)24(27)28-15-22-20-9-3-1-7-18(20)19-8-2-4-10-21(19)22/h1-4,7-12,14,22,26H,5-6,13,15H2. The van der Waals surface area contributed by atoms with E-state index >= 15 is 0 Å². The van der Waals surface area contributed by atoms with Crippen LogP contribution in [0.15, 0.2) is 66.7 Å². The fourth-order valence-electron chi connectivity index (χ4n) is 4.42. The third-order valence-corrected chi connectivity index (χ3v) is 5.74. The molecule has 140 valence electrons. The Bertz CT molecular complexity index is 1010.